The molecule has 0 bridgehead atoms. The van der Waals surface area contributed by atoms with Gasteiger partial charge in [-0.25, -0.2) is 4.79 Å². The van der Waals surface area contributed by atoms with Crippen molar-refractivity contribution in [3.05, 3.63) is 24.3 Å². The molecular formula is C14H15NO6. The van der Waals surface area contributed by atoms with Crippen molar-refractivity contribution in [1.29, 1.82) is 0 Å². The van der Waals surface area contributed by atoms with Crippen molar-refractivity contribution in [3.63, 3.8) is 0 Å². The van der Waals surface area contributed by atoms with Gasteiger partial charge in [-0.1, -0.05) is 12.1 Å². The van der Waals surface area contributed by atoms with Gasteiger partial charge in [-0.05, 0) is 12.1 Å². The maximum Gasteiger partial charge on any atom is 0.334 e. The molecule has 0 radical (unpaired) electrons. The van der Waals surface area contributed by atoms with Gasteiger partial charge in [0.15, 0.2) is 17.6 Å². The first kappa shape index (κ1) is 13.7. The number of hydrogen-bond acceptors (Lipinski definition) is 5. The van der Waals surface area contributed by atoms with E-state index in [1.54, 1.807) is 18.2 Å². The lowest BCUT2D eigenvalue weighted by molar-refractivity contribution is -0.162. The van der Waals surface area contributed by atoms with Crippen LogP contribution in [0.15, 0.2) is 24.3 Å². The van der Waals surface area contributed by atoms with E-state index in [9.17, 15) is 9.59 Å². The highest BCUT2D eigenvalue weighted by Gasteiger charge is 2.35. The molecule has 1 fully saturated rings. The summed E-state index contributed by atoms with van der Waals surface area (Å²) in [6.45, 7) is 0.692. The fraction of sp³-hybridized carbons (Fsp3) is 0.429. The number of hydrogen-bond donors (Lipinski definition) is 1. The molecule has 0 saturated carbocycles. The molecule has 21 heavy (non-hydrogen) atoms. The molecule has 112 valence electrons. The van der Waals surface area contributed by atoms with Gasteiger partial charge in [-0.3, -0.25) is 4.79 Å². The lowest BCUT2D eigenvalue weighted by Gasteiger charge is -2.34. The molecule has 7 heteroatoms. The maximum atomic E-state index is 12.4. The molecule has 2 unspecified atom stereocenters. The van der Waals surface area contributed by atoms with Gasteiger partial charge in [0.05, 0.1) is 13.2 Å². The fourth-order valence-corrected chi connectivity index (χ4v) is 2.34. The first-order chi connectivity index (χ1) is 10.1. The van der Waals surface area contributed by atoms with Crippen LogP contribution in [0.3, 0.4) is 0 Å². The van der Waals surface area contributed by atoms with E-state index in [1.165, 1.54) is 4.90 Å². The summed E-state index contributed by atoms with van der Waals surface area (Å²) in [5.41, 5.74) is 0. The van der Waals surface area contributed by atoms with Crippen LogP contribution in [0.1, 0.15) is 0 Å². The molecule has 1 amide bonds. The van der Waals surface area contributed by atoms with Crippen LogP contribution in [0, 0.1) is 0 Å². The van der Waals surface area contributed by atoms with E-state index in [0.29, 0.717) is 18.0 Å². The second kappa shape index (κ2) is 5.61. The molecule has 3 rings (SSSR count). The summed E-state index contributed by atoms with van der Waals surface area (Å²) in [7, 11) is 0. The molecule has 0 spiro atoms. The number of carbonyl (C=O) groups is 2. The number of carboxylic acids is 1. The second-order valence-corrected chi connectivity index (χ2v) is 4.85. The van der Waals surface area contributed by atoms with Gasteiger partial charge in [-0.15, -0.1) is 0 Å². The van der Waals surface area contributed by atoms with E-state index in [1.807, 2.05) is 6.07 Å². The van der Waals surface area contributed by atoms with Gasteiger partial charge in [0, 0.05) is 6.54 Å². The molecule has 1 aromatic rings. The summed E-state index contributed by atoms with van der Waals surface area (Å²) >= 11 is 0. The highest BCUT2D eigenvalue weighted by Crippen LogP contribution is 2.31. The summed E-state index contributed by atoms with van der Waals surface area (Å²) in [6.07, 6.45) is -1.74. The standard InChI is InChI=1S/C14H15NO6/c16-13(15-5-6-19-11(7-15)14(17)18)12-8-20-9-3-1-2-4-10(9)21-12/h1-4,11-12H,5-8H2,(H,17,18). The molecule has 1 saturated heterocycles. The molecule has 0 aromatic heterocycles. The SMILES string of the molecule is O=C(O)C1CN(C(=O)C2COc3ccccc3O2)CCO1. The fourth-order valence-electron chi connectivity index (χ4n) is 2.34. The summed E-state index contributed by atoms with van der Waals surface area (Å²) in [6, 6.07) is 7.12. The van der Waals surface area contributed by atoms with E-state index in [0.717, 1.165) is 0 Å². The number of aliphatic carboxylic acids is 1. The Bertz CT molecular complexity index is 560. The second-order valence-electron chi connectivity index (χ2n) is 4.85. The van der Waals surface area contributed by atoms with Crippen molar-refractivity contribution in [2.75, 3.05) is 26.3 Å². The number of carbonyl (C=O) groups excluding carboxylic acids is 1. The zero-order valence-electron chi connectivity index (χ0n) is 11.2. The molecule has 2 heterocycles. The summed E-state index contributed by atoms with van der Waals surface area (Å²) < 4.78 is 16.2. The van der Waals surface area contributed by atoms with Crippen molar-refractivity contribution in [3.8, 4) is 11.5 Å². The number of para-hydroxylation sites is 2. The third-order valence-corrected chi connectivity index (χ3v) is 3.44. The Balaban J connectivity index is 1.67. The van der Waals surface area contributed by atoms with E-state index >= 15 is 0 Å². The minimum absolute atomic E-state index is 0.0235. The number of carboxylic acid groups (broad SMARTS) is 1. The number of morpholine rings is 1. The summed E-state index contributed by atoms with van der Waals surface area (Å²) in [5, 5.41) is 8.96. The number of rotatable bonds is 2. The average molecular weight is 293 g/mol. The van der Waals surface area contributed by atoms with Crippen molar-refractivity contribution in [1.82, 2.24) is 4.90 Å². The largest absolute Gasteiger partial charge is 0.485 e. The van der Waals surface area contributed by atoms with Crippen LogP contribution >= 0.6 is 0 Å². The highest BCUT2D eigenvalue weighted by molar-refractivity contribution is 5.83. The highest BCUT2D eigenvalue weighted by atomic mass is 16.6. The molecule has 7 nitrogen and oxygen atoms in total. The zero-order valence-corrected chi connectivity index (χ0v) is 11.2. The summed E-state index contributed by atoms with van der Waals surface area (Å²) in [4.78, 5) is 24.8. The predicted molar refractivity (Wildman–Crippen MR) is 70.3 cm³/mol. The Kier molecular flexibility index (Phi) is 3.66. The van der Waals surface area contributed by atoms with Crippen molar-refractivity contribution in [2.24, 2.45) is 0 Å². The van der Waals surface area contributed by atoms with Crippen molar-refractivity contribution >= 4 is 11.9 Å². The Morgan fingerprint density at radius 3 is 2.71 bits per heavy atom. The normalized spacial score (nSPS) is 24.5. The third-order valence-electron chi connectivity index (χ3n) is 3.44. The topological polar surface area (TPSA) is 85.3 Å². The van der Waals surface area contributed by atoms with Gasteiger partial charge in [-0.2, -0.15) is 0 Å². The molecule has 0 aliphatic carbocycles. The maximum absolute atomic E-state index is 12.4. The predicted octanol–water partition coefficient (Wildman–Crippen LogP) is 0.138. The Hall–Kier alpha value is -2.28. The van der Waals surface area contributed by atoms with E-state index < -0.39 is 18.2 Å². The minimum Gasteiger partial charge on any atom is -0.485 e. The Labute approximate surface area is 121 Å². The van der Waals surface area contributed by atoms with Gasteiger partial charge >= 0.3 is 5.97 Å². The molecule has 2 atom stereocenters. The van der Waals surface area contributed by atoms with Crippen LogP contribution in [0.2, 0.25) is 0 Å². The zero-order chi connectivity index (χ0) is 14.8. The van der Waals surface area contributed by atoms with Crippen molar-refractivity contribution in [2.45, 2.75) is 12.2 Å². The van der Waals surface area contributed by atoms with E-state index in [-0.39, 0.29) is 25.7 Å². The molecule has 2 aliphatic rings. The average Bonchev–Trinajstić information content (AvgIpc) is 2.53. The number of fused-ring (bicyclic) bond motifs is 1. The van der Waals surface area contributed by atoms with Crippen molar-refractivity contribution < 1.29 is 28.9 Å². The van der Waals surface area contributed by atoms with Crippen LogP contribution < -0.4 is 9.47 Å². The van der Waals surface area contributed by atoms with Gasteiger partial charge in [0.2, 0.25) is 6.10 Å². The van der Waals surface area contributed by atoms with Crippen LogP contribution in [0.5, 0.6) is 11.5 Å². The molecule has 1 N–H and O–H groups in total. The monoisotopic (exact) mass is 293 g/mol. The first-order valence-electron chi connectivity index (χ1n) is 6.67. The quantitative estimate of drug-likeness (QED) is 0.835. The smallest absolute Gasteiger partial charge is 0.334 e. The van der Waals surface area contributed by atoms with E-state index in [2.05, 4.69) is 0 Å². The van der Waals surface area contributed by atoms with Crippen LogP contribution in [-0.2, 0) is 14.3 Å². The van der Waals surface area contributed by atoms with Gasteiger partial charge < -0.3 is 24.2 Å². The van der Waals surface area contributed by atoms with Crippen LogP contribution in [0.25, 0.3) is 0 Å². The number of nitrogens with zero attached hydrogens (tertiary/aromatic N) is 1. The van der Waals surface area contributed by atoms with Gasteiger partial charge in [0.25, 0.3) is 5.91 Å². The van der Waals surface area contributed by atoms with Gasteiger partial charge in [0.1, 0.15) is 6.61 Å². The Morgan fingerprint density at radius 2 is 1.95 bits per heavy atom. The minimum atomic E-state index is -1.07. The first-order valence-corrected chi connectivity index (χ1v) is 6.67. The molecule has 2 aliphatic heterocycles. The van der Waals surface area contributed by atoms with Crippen LogP contribution in [0.4, 0.5) is 0 Å². The number of amides is 1. The molecule has 1 aromatic carbocycles. The number of benzene rings is 1. The lowest BCUT2D eigenvalue weighted by Crippen LogP contribution is -2.54. The molecular weight excluding hydrogens is 278 g/mol. The summed E-state index contributed by atoms with van der Waals surface area (Å²) in [5.74, 6) is -0.227. The number of ether oxygens (including phenoxy) is 3. The third kappa shape index (κ3) is 2.78. The van der Waals surface area contributed by atoms with Crippen LogP contribution in [-0.4, -0.2) is 60.4 Å². The Morgan fingerprint density at radius 1 is 1.19 bits per heavy atom. The van der Waals surface area contributed by atoms with E-state index in [4.69, 9.17) is 19.3 Å². The lowest BCUT2D eigenvalue weighted by atomic mass is 10.2.